The van der Waals surface area contributed by atoms with Crippen molar-refractivity contribution < 1.29 is 4.92 Å². The van der Waals surface area contributed by atoms with Gasteiger partial charge in [0, 0.05) is 10.9 Å². The molecule has 0 unspecified atom stereocenters. The molecule has 5 nitrogen and oxygen atoms in total. The largest absolute Gasteiger partial charge is 0.393 e. The molecule has 0 saturated carbocycles. The van der Waals surface area contributed by atoms with Crippen LogP contribution in [-0.4, -0.2) is 9.91 Å². The van der Waals surface area contributed by atoms with Crippen molar-refractivity contribution in [1.29, 1.82) is 0 Å². The summed E-state index contributed by atoms with van der Waals surface area (Å²) in [5.74, 6) is 0. The molecule has 0 amide bonds. The number of hydrogen-bond acceptors (Lipinski definition) is 4. The minimum Gasteiger partial charge on any atom is -0.393 e. The van der Waals surface area contributed by atoms with Crippen LogP contribution in [0.2, 0.25) is 0 Å². The predicted octanol–water partition coefficient (Wildman–Crippen LogP) is 3.70. The Morgan fingerprint density at radius 2 is 1.86 bits per heavy atom. The topological polar surface area (TPSA) is 82.0 Å². The van der Waals surface area contributed by atoms with Gasteiger partial charge in [-0.05, 0) is 18.6 Å². The lowest BCUT2D eigenvalue weighted by molar-refractivity contribution is -0.383. The van der Waals surface area contributed by atoms with E-state index in [1.54, 1.807) is 18.2 Å². The van der Waals surface area contributed by atoms with Crippen LogP contribution in [0.5, 0.6) is 0 Å². The van der Waals surface area contributed by atoms with Crippen molar-refractivity contribution in [2.75, 3.05) is 5.73 Å². The van der Waals surface area contributed by atoms with E-state index >= 15 is 0 Å². The van der Waals surface area contributed by atoms with E-state index in [0.29, 0.717) is 22.2 Å². The number of rotatable bonds is 2. The van der Waals surface area contributed by atoms with Gasteiger partial charge in [0.25, 0.3) is 0 Å². The Hall–Kier alpha value is -2.95. The molecule has 0 atom stereocenters. The maximum Gasteiger partial charge on any atom is 0.318 e. The number of fused-ring (bicyclic) bond motifs is 1. The average molecular weight is 279 g/mol. The Labute approximate surface area is 121 Å². The fraction of sp³-hybridized carbons (Fsp3) is 0.0625. The highest BCUT2D eigenvalue weighted by Crippen LogP contribution is 2.37. The molecule has 3 rings (SSSR count). The van der Waals surface area contributed by atoms with Crippen molar-refractivity contribution in [2.45, 2.75) is 6.92 Å². The number of anilines is 1. The lowest BCUT2D eigenvalue weighted by atomic mass is 10.0. The van der Waals surface area contributed by atoms with Crippen LogP contribution in [0.3, 0.4) is 0 Å². The summed E-state index contributed by atoms with van der Waals surface area (Å²) in [7, 11) is 0. The SMILES string of the molecule is Cc1ccc2c(N)c([N+](=O)[O-])c(-c3ccccc3)nc2c1. The molecule has 2 aromatic carbocycles. The van der Waals surface area contributed by atoms with Crippen LogP contribution >= 0.6 is 0 Å². The molecule has 0 aliphatic rings. The van der Waals surface area contributed by atoms with Crippen LogP contribution in [-0.2, 0) is 0 Å². The molecule has 5 heteroatoms. The Kier molecular flexibility index (Phi) is 3.02. The van der Waals surface area contributed by atoms with Gasteiger partial charge in [0.05, 0.1) is 10.4 Å². The van der Waals surface area contributed by atoms with Crippen LogP contribution < -0.4 is 5.73 Å². The Morgan fingerprint density at radius 1 is 1.14 bits per heavy atom. The van der Waals surface area contributed by atoms with E-state index < -0.39 is 4.92 Å². The molecule has 3 aromatic rings. The van der Waals surface area contributed by atoms with Crippen LogP contribution in [0, 0.1) is 17.0 Å². The van der Waals surface area contributed by atoms with E-state index in [2.05, 4.69) is 4.98 Å². The normalized spacial score (nSPS) is 10.7. The number of benzene rings is 2. The van der Waals surface area contributed by atoms with Crippen LogP contribution in [0.25, 0.3) is 22.2 Å². The summed E-state index contributed by atoms with van der Waals surface area (Å²) in [5, 5.41) is 12.0. The van der Waals surface area contributed by atoms with E-state index in [4.69, 9.17) is 5.73 Å². The summed E-state index contributed by atoms with van der Waals surface area (Å²) >= 11 is 0. The third kappa shape index (κ3) is 2.18. The van der Waals surface area contributed by atoms with Gasteiger partial charge < -0.3 is 5.73 Å². The van der Waals surface area contributed by atoms with Gasteiger partial charge >= 0.3 is 5.69 Å². The molecule has 1 heterocycles. The first-order chi connectivity index (χ1) is 10.1. The molecule has 0 bridgehead atoms. The molecular formula is C16H13N3O2. The second-order valence-electron chi connectivity index (χ2n) is 4.87. The van der Waals surface area contributed by atoms with Crippen molar-refractivity contribution in [3.8, 4) is 11.3 Å². The van der Waals surface area contributed by atoms with Crippen molar-refractivity contribution in [3.05, 3.63) is 64.2 Å². The molecule has 0 radical (unpaired) electrons. The van der Waals surface area contributed by atoms with E-state index in [-0.39, 0.29) is 11.4 Å². The zero-order valence-corrected chi connectivity index (χ0v) is 11.4. The van der Waals surface area contributed by atoms with Gasteiger partial charge in [-0.15, -0.1) is 0 Å². The molecule has 0 saturated heterocycles. The Balaban J connectivity index is 2.42. The minimum atomic E-state index is -0.468. The van der Waals surface area contributed by atoms with E-state index in [1.165, 1.54) is 0 Å². The first-order valence-corrected chi connectivity index (χ1v) is 6.47. The number of nitrogens with zero attached hydrogens (tertiary/aromatic N) is 2. The van der Waals surface area contributed by atoms with E-state index in [1.807, 2.05) is 37.3 Å². The molecule has 2 N–H and O–H groups in total. The fourth-order valence-electron chi connectivity index (χ4n) is 2.37. The third-order valence-electron chi connectivity index (χ3n) is 3.38. The van der Waals surface area contributed by atoms with Gasteiger partial charge in [-0.3, -0.25) is 10.1 Å². The zero-order valence-electron chi connectivity index (χ0n) is 11.4. The monoisotopic (exact) mass is 279 g/mol. The van der Waals surface area contributed by atoms with Crippen LogP contribution in [0.4, 0.5) is 11.4 Å². The summed E-state index contributed by atoms with van der Waals surface area (Å²) in [4.78, 5) is 15.4. The van der Waals surface area contributed by atoms with Crippen molar-refractivity contribution in [3.63, 3.8) is 0 Å². The molecule has 0 aliphatic heterocycles. The number of nitrogen functional groups attached to an aromatic ring is 1. The first-order valence-electron chi connectivity index (χ1n) is 6.47. The second-order valence-corrected chi connectivity index (χ2v) is 4.87. The molecule has 0 fully saturated rings. The lowest BCUT2D eigenvalue weighted by Crippen LogP contribution is -2.02. The molecule has 0 spiro atoms. The minimum absolute atomic E-state index is 0.141. The van der Waals surface area contributed by atoms with Crippen molar-refractivity contribution >= 4 is 22.3 Å². The number of pyridine rings is 1. The van der Waals surface area contributed by atoms with Crippen molar-refractivity contribution in [1.82, 2.24) is 4.98 Å². The van der Waals surface area contributed by atoms with E-state index in [0.717, 1.165) is 5.56 Å². The molecule has 0 aliphatic carbocycles. The maximum absolute atomic E-state index is 11.4. The zero-order chi connectivity index (χ0) is 15.0. The highest BCUT2D eigenvalue weighted by molar-refractivity contribution is 5.99. The molecule has 104 valence electrons. The number of hydrogen-bond donors (Lipinski definition) is 1. The summed E-state index contributed by atoms with van der Waals surface area (Å²) in [6.07, 6.45) is 0. The average Bonchev–Trinajstić information content (AvgIpc) is 2.47. The van der Waals surface area contributed by atoms with Gasteiger partial charge in [-0.2, -0.15) is 0 Å². The van der Waals surface area contributed by atoms with Gasteiger partial charge in [-0.25, -0.2) is 4.98 Å². The van der Waals surface area contributed by atoms with Crippen LogP contribution in [0.15, 0.2) is 48.5 Å². The predicted molar refractivity (Wildman–Crippen MR) is 83.0 cm³/mol. The Bertz CT molecular complexity index is 845. The maximum atomic E-state index is 11.4. The summed E-state index contributed by atoms with van der Waals surface area (Å²) in [5.41, 5.74) is 8.72. The van der Waals surface area contributed by atoms with Gasteiger partial charge in [0.1, 0.15) is 5.69 Å². The van der Waals surface area contributed by atoms with Crippen molar-refractivity contribution in [2.24, 2.45) is 0 Å². The smallest absolute Gasteiger partial charge is 0.318 e. The van der Waals surface area contributed by atoms with Gasteiger partial charge in [0.15, 0.2) is 5.69 Å². The highest BCUT2D eigenvalue weighted by atomic mass is 16.6. The van der Waals surface area contributed by atoms with Crippen LogP contribution in [0.1, 0.15) is 5.56 Å². The number of nitrogens with two attached hydrogens (primary N) is 1. The first kappa shape index (κ1) is 13.1. The summed E-state index contributed by atoms with van der Waals surface area (Å²) in [6.45, 7) is 1.95. The number of aryl methyl sites for hydroxylation is 1. The highest BCUT2D eigenvalue weighted by Gasteiger charge is 2.23. The summed E-state index contributed by atoms with van der Waals surface area (Å²) in [6, 6.07) is 14.6. The molecule has 1 aromatic heterocycles. The molecular weight excluding hydrogens is 266 g/mol. The number of aromatic nitrogens is 1. The van der Waals surface area contributed by atoms with Gasteiger partial charge in [0.2, 0.25) is 0 Å². The molecule has 21 heavy (non-hydrogen) atoms. The van der Waals surface area contributed by atoms with E-state index in [9.17, 15) is 10.1 Å². The summed E-state index contributed by atoms with van der Waals surface area (Å²) < 4.78 is 0. The number of nitro groups is 1. The standard InChI is InChI=1S/C16H13N3O2/c1-10-7-8-12-13(9-10)18-15(11-5-3-2-4-6-11)16(14(12)17)19(20)21/h2-9H,1H3,(H2,17,18). The van der Waals surface area contributed by atoms with Gasteiger partial charge in [-0.1, -0.05) is 42.5 Å². The quantitative estimate of drug-likeness (QED) is 0.572. The third-order valence-corrected chi connectivity index (χ3v) is 3.38. The second kappa shape index (κ2) is 4.86. The fourth-order valence-corrected chi connectivity index (χ4v) is 2.37. The Morgan fingerprint density at radius 3 is 2.52 bits per heavy atom. The lowest BCUT2D eigenvalue weighted by Gasteiger charge is -2.09.